The molecule has 3 aromatic rings. The number of rotatable bonds is 4. The van der Waals surface area contributed by atoms with Crippen molar-refractivity contribution in [1.82, 2.24) is 14.9 Å². The lowest BCUT2D eigenvalue weighted by Gasteiger charge is -2.20. The summed E-state index contributed by atoms with van der Waals surface area (Å²) in [5.74, 6) is 0.343. The van der Waals surface area contributed by atoms with Gasteiger partial charge in [-0.25, -0.2) is 9.97 Å². The molecule has 0 spiro atoms. The molecular weight excluding hydrogens is 430 g/mol. The standard InChI is InChI=1S/C26H25N5O3/c32-16-17-4-3-12-31(13-11-17)25(34)18-7-9-20(10-8-18)28-26-27-15-19-14-23(33)29-22-6-2-1-5-21(22)24(19)30-26/h1-2,5-10,15-17H,3-4,11-14H2,(H,29,33)(H,27,28,30). The SMILES string of the molecule is O=CC1CCCN(C(=O)c2ccc(Nc3ncc4c(n3)-c3ccccc3NC(=O)C4)cc2)CC1. The van der Waals surface area contributed by atoms with E-state index in [1.54, 1.807) is 18.3 Å². The molecule has 2 N–H and O–H groups in total. The van der Waals surface area contributed by atoms with Gasteiger partial charge in [-0.3, -0.25) is 9.59 Å². The molecule has 1 aromatic heterocycles. The number of carbonyl (C=O) groups is 3. The summed E-state index contributed by atoms with van der Waals surface area (Å²) in [7, 11) is 0. The van der Waals surface area contributed by atoms with E-state index in [1.165, 1.54) is 0 Å². The Bertz CT molecular complexity index is 1240. The number of benzene rings is 2. The maximum absolute atomic E-state index is 12.9. The number of aromatic nitrogens is 2. The number of aldehydes is 1. The van der Waals surface area contributed by atoms with Crippen molar-refractivity contribution in [3.8, 4) is 11.3 Å². The van der Waals surface area contributed by atoms with E-state index in [0.29, 0.717) is 30.3 Å². The van der Waals surface area contributed by atoms with Gasteiger partial charge in [-0.2, -0.15) is 0 Å². The van der Waals surface area contributed by atoms with Crippen LogP contribution in [0.25, 0.3) is 11.3 Å². The minimum Gasteiger partial charge on any atom is -0.339 e. The molecule has 3 heterocycles. The van der Waals surface area contributed by atoms with E-state index in [1.807, 2.05) is 41.3 Å². The fourth-order valence-corrected chi connectivity index (χ4v) is 4.46. The summed E-state index contributed by atoms with van der Waals surface area (Å²) in [5, 5.41) is 6.11. The first-order valence-corrected chi connectivity index (χ1v) is 11.5. The summed E-state index contributed by atoms with van der Waals surface area (Å²) >= 11 is 0. The quantitative estimate of drug-likeness (QED) is 0.580. The Kier molecular flexibility index (Phi) is 6.03. The summed E-state index contributed by atoms with van der Waals surface area (Å²) in [5.41, 5.74) is 4.42. The van der Waals surface area contributed by atoms with Gasteiger partial charge in [0, 0.05) is 47.6 Å². The average Bonchev–Trinajstić information content (AvgIpc) is 3.18. The summed E-state index contributed by atoms with van der Waals surface area (Å²) < 4.78 is 0. The van der Waals surface area contributed by atoms with E-state index in [9.17, 15) is 14.4 Å². The van der Waals surface area contributed by atoms with Crippen molar-refractivity contribution in [2.24, 2.45) is 5.92 Å². The van der Waals surface area contributed by atoms with Crippen molar-refractivity contribution >= 4 is 35.4 Å². The number of nitrogens with one attached hydrogen (secondary N) is 2. The van der Waals surface area contributed by atoms with Gasteiger partial charge in [0.2, 0.25) is 11.9 Å². The Hall–Kier alpha value is -4.07. The number of likely N-dealkylation sites (tertiary alicyclic amines) is 1. The smallest absolute Gasteiger partial charge is 0.253 e. The maximum Gasteiger partial charge on any atom is 0.253 e. The zero-order valence-electron chi connectivity index (χ0n) is 18.7. The fraction of sp³-hybridized carbons (Fsp3) is 0.269. The van der Waals surface area contributed by atoms with Crippen molar-refractivity contribution < 1.29 is 14.4 Å². The Balaban J connectivity index is 1.33. The molecule has 0 bridgehead atoms. The molecule has 0 radical (unpaired) electrons. The minimum atomic E-state index is -0.0955. The third-order valence-electron chi connectivity index (χ3n) is 6.31. The van der Waals surface area contributed by atoms with E-state index in [0.717, 1.165) is 48.1 Å². The van der Waals surface area contributed by atoms with Crippen LogP contribution in [0.4, 0.5) is 17.3 Å². The molecule has 1 saturated heterocycles. The Labute approximate surface area is 197 Å². The van der Waals surface area contributed by atoms with Crippen LogP contribution in [-0.2, 0) is 16.0 Å². The molecule has 1 atom stereocenters. The molecule has 1 unspecified atom stereocenters. The van der Waals surface area contributed by atoms with Crippen LogP contribution in [0.3, 0.4) is 0 Å². The van der Waals surface area contributed by atoms with Gasteiger partial charge in [0.25, 0.3) is 5.91 Å². The lowest BCUT2D eigenvalue weighted by molar-refractivity contribution is -0.115. The highest BCUT2D eigenvalue weighted by Gasteiger charge is 2.22. The van der Waals surface area contributed by atoms with E-state index >= 15 is 0 Å². The van der Waals surface area contributed by atoms with Crippen molar-refractivity contribution in [3.63, 3.8) is 0 Å². The van der Waals surface area contributed by atoms with Crippen molar-refractivity contribution in [3.05, 3.63) is 65.9 Å². The molecule has 2 amide bonds. The Morgan fingerprint density at radius 1 is 1.09 bits per heavy atom. The zero-order chi connectivity index (χ0) is 23.5. The normalized spacial score (nSPS) is 17.5. The summed E-state index contributed by atoms with van der Waals surface area (Å²) in [6, 6.07) is 14.8. The van der Waals surface area contributed by atoms with Crippen LogP contribution in [-0.4, -0.2) is 46.1 Å². The number of hydrogen-bond donors (Lipinski definition) is 2. The molecule has 8 heteroatoms. The van der Waals surface area contributed by atoms with Gasteiger partial charge in [0.05, 0.1) is 17.8 Å². The maximum atomic E-state index is 12.9. The number of anilines is 3. The highest BCUT2D eigenvalue weighted by molar-refractivity contribution is 6.00. The van der Waals surface area contributed by atoms with Gasteiger partial charge < -0.3 is 20.3 Å². The van der Waals surface area contributed by atoms with Gasteiger partial charge in [-0.15, -0.1) is 0 Å². The Morgan fingerprint density at radius 2 is 1.91 bits per heavy atom. The predicted octanol–water partition coefficient (Wildman–Crippen LogP) is 3.82. The monoisotopic (exact) mass is 455 g/mol. The predicted molar refractivity (Wildman–Crippen MR) is 129 cm³/mol. The molecule has 1 fully saturated rings. The molecule has 2 aliphatic rings. The number of fused-ring (bicyclic) bond motifs is 3. The fourth-order valence-electron chi connectivity index (χ4n) is 4.46. The number of carbonyl (C=O) groups excluding carboxylic acids is 3. The second-order valence-corrected chi connectivity index (χ2v) is 8.66. The van der Waals surface area contributed by atoms with Gasteiger partial charge in [0.1, 0.15) is 6.29 Å². The topological polar surface area (TPSA) is 104 Å². The van der Waals surface area contributed by atoms with Crippen LogP contribution in [0, 0.1) is 5.92 Å². The van der Waals surface area contributed by atoms with Crippen molar-refractivity contribution in [2.75, 3.05) is 23.7 Å². The van der Waals surface area contributed by atoms with E-state index in [2.05, 4.69) is 20.6 Å². The van der Waals surface area contributed by atoms with Gasteiger partial charge in [-0.1, -0.05) is 18.2 Å². The highest BCUT2D eigenvalue weighted by atomic mass is 16.2. The number of para-hydroxylation sites is 1. The lowest BCUT2D eigenvalue weighted by Crippen LogP contribution is -2.32. The van der Waals surface area contributed by atoms with E-state index in [-0.39, 0.29) is 24.2 Å². The number of hydrogen-bond acceptors (Lipinski definition) is 6. The average molecular weight is 456 g/mol. The Morgan fingerprint density at radius 3 is 2.74 bits per heavy atom. The van der Waals surface area contributed by atoms with E-state index < -0.39 is 0 Å². The first kappa shape index (κ1) is 21.8. The zero-order valence-corrected chi connectivity index (χ0v) is 18.7. The van der Waals surface area contributed by atoms with Gasteiger partial charge in [0.15, 0.2) is 0 Å². The molecule has 172 valence electrons. The molecule has 34 heavy (non-hydrogen) atoms. The summed E-state index contributed by atoms with van der Waals surface area (Å²) in [6.45, 7) is 1.27. The van der Waals surface area contributed by atoms with Crippen LogP contribution >= 0.6 is 0 Å². The summed E-state index contributed by atoms with van der Waals surface area (Å²) in [6.07, 6.45) is 5.29. The molecular formula is C26H25N5O3. The van der Waals surface area contributed by atoms with E-state index in [4.69, 9.17) is 0 Å². The van der Waals surface area contributed by atoms with Crippen LogP contribution in [0.2, 0.25) is 0 Å². The second kappa shape index (κ2) is 9.43. The third kappa shape index (κ3) is 4.52. The van der Waals surface area contributed by atoms with Crippen LogP contribution < -0.4 is 10.6 Å². The third-order valence-corrected chi connectivity index (χ3v) is 6.31. The van der Waals surface area contributed by atoms with Crippen molar-refractivity contribution in [1.29, 1.82) is 0 Å². The van der Waals surface area contributed by atoms with Crippen molar-refractivity contribution in [2.45, 2.75) is 25.7 Å². The second-order valence-electron chi connectivity index (χ2n) is 8.66. The summed E-state index contributed by atoms with van der Waals surface area (Å²) in [4.78, 5) is 47.1. The largest absolute Gasteiger partial charge is 0.339 e. The first-order valence-electron chi connectivity index (χ1n) is 11.5. The number of amides is 2. The van der Waals surface area contributed by atoms with Crippen LogP contribution in [0.1, 0.15) is 35.2 Å². The molecule has 0 aliphatic carbocycles. The van der Waals surface area contributed by atoms with Crippen LogP contribution in [0.5, 0.6) is 0 Å². The molecule has 2 aliphatic heterocycles. The highest BCUT2D eigenvalue weighted by Crippen LogP contribution is 2.32. The molecule has 8 nitrogen and oxygen atoms in total. The molecule has 5 rings (SSSR count). The van der Waals surface area contributed by atoms with Gasteiger partial charge in [-0.05, 0) is 49.6 Å². The first-order chi connectivity index (χ1) is 16.6. The molecule has 0 saturated carbocycles. The van der Waals surface area contributed by atoms with Gasteiger partial charge >= 0.3 is 0 Å². The lowest BCUT2D eigenvalue weighted by atomic mass is 10.0. The van der Waals surface area contributed by atoms with Crippen LogP contribution in [0.15, 0.2) is 54.7 Å². The number of nitrogens with zero attached hydrogens (tertiary/aromatic N) is 3. The minimum absolute atomic E-state index is 0.0202. The molecule has 2 aromatic carbocycles.